The average molecular weight is 232 g/mol. The lowest BCUT2D eigenvalue weighted by Gasteiger charge is -2.22. The van der Waals surface area contributed by atoms with Crippen LogP contribution in [-0.2, 0) is 14.3 Å². The van der Waals surface area contributed by atoms with Gasteiger partial charge in [0.05, 0.1) is 6.04 Å². The highest BCUT2D eigenvalue weighted by atomic mass is 16.7. The van der Waals surface area contributed by atoms with Gasteiger partial charge in [0, 0.05) is 20.6 Å². The van der Waals surface area contributed by atoms with Crippen LogP contribution in [0.5, 0.6) is 0 Å². The molecule has 16 heavy (non-hydrogen) atoms. The molecule has 0 aliphatic heterocycles. The second-order valence-corrected chi connectivity index (χ2v) is 4.08. The fourth-order valence-electron chi connectivity index (χ4n) is 1.39. The van der Waals surface area contributed by atoms with Crippen LogP contribution in [0.15, 0.2) is 0 Å². The molecule has 0 fully saturated rings. The molecule has 0 aromatic carbocycles. The lowest BCUT2D eigenvalue weighted by Crippen LogP contribution is -2.43. The van der Waals surface area contributed by atoms with Gasteiger partial charge in [-0.2, -0.15) is 0 Å². The Labute approximate surface area is 97.7 Å². The maximum atomic E-state index is 11.5. The molecular weight excluding hydrogens is 208 g/mol. The maximum absolute atomic E-state index is 11.5. The maximum Gasteiger partial charge on any atom is 0.220 e. The molecule has 2 atom stereocenters. The van der Waals surface area contributed by atoms with E-state index in [1.54, 1.807) is 14.2 Å². The van der Waals surface area contributed by atoms with Crippen LogP contribution in [0.1, 0.15) is 26.7 Å². The number of ether oxygens (including phenoxy) is 2. The van der Waals surface area contributed by atoms with Crippen LogP contribution in [-0.4, -0.2) is 39.0 Å². The molecule has 0 aliphatic rings. The highest BCUT2D eigenvalue weighted by Gasteiger charge is 2.17. The molecule has 5 nitrogen and oxygen atoms in total. The molecule has 0 aromatic heterocycles. The Balaban J connectivity index is 3.86. The SMILES string of the molecule is COC(OC)C(C)NC(=O)CCC(C)CN. The molecule has 0 rings (SSSR count). The molecular formula is C11H24N2O3. The zero-order chi connectivity index (χ0) is 12.6. The number of methoxy groups -OCH3 is 2. The van der Waals surface area contributed by atoms with Crippen LogP contribution in [0.4, 0.5) is 0 Å². The number of carbonyl (C=O) groups is 1. The lowest BCUT2D eigenvalue weighted by atomic mass is 10.1. The second kappa shape index (κ2) is 8.50. The van der Waals surface area contributed by atoms with Crippen molar-refractivity contribution < 1.29 is 14.3 Å². The zero-order valence-electron chi connectivity index (χ0n) is 10.7. The van der Waals surface area contributed by atoms with E-state index in [9.17, 15) is 4.79 Å². The summed E-state index contributed by atoms with van der Waals surface area (Å²) in [6, 6.07) is -0.157. The van der Waals surface area contributed by atoms with Gasteiger partial charge in [-0.3, -0.25) is 4.79 Å². The Kier molecular flexibility index (Phi) is 8.15. The fraction of sp³-hybridized carbons (Fsp3) is 0.909. The van der Waals surface area contributed by atoms with E-state index >= 15 is 0 Å². The van der Waals surface area contributed by atoms with Gasteiger partial charge in [0.1, 0.15) is 0 Å². The number of nitrogens with two attached hydrogens (primary N) is 1. The molecule has 0 saturated heterocycles. The summed E-state index contributed by atoms with van der Waals surface area (Å²) >= 11 is 0. The number of carbonyl (C=O) groups excluding carboxylic acids is 1. The minimum Gasteiger partial charge on any atom is -0.354 e. The van der Waals surface area contributed by atoms with Gasteiger partial charge in [0.2, 0.25) is 5.91 Å². The minimum absolute atomic E-state index is 0.00639. The van der Waals surface area contributed by atoms with E-state index in [4.69, 9.17) is 15.2 Å². The van der Waals surface area contributed by atoms with Gasteiger partial charge in [0.15, 0.2) is 6.29 Å². The first kappa shape index (κ1) is 15.3. The van der Waals surface area contributed by atoms with E-state index in [-0.39, 0.29) is 11.9 Å². The van der Waals surface area contributed by atoms with Crippen LogP contribution in [0.2, 0.25) is 0 Å². The molecule has 96 valence electrons. The standard InChI is InChI=1S/C11H24N2O3/c1-8(7-12)5-6-10(14)13-9(2)11(15-3)16-4/h8-9,11H,5-7,12H2,1-4H3,(H,13,14). The summed E-state index contributed by atoms with van der Waals surface area (Å²) in [4.78, 5) is 11.5. The quantitative estimate of drug-likeness (QED) is 0.597. The Morgan fingerprint density at radius 2 is 1.88 bits per heavy atom. The first-order chi connectivity index (χ1) is 7.54. The van der Waals surface area contributed by atoms with Crippen molar-refractivity contribution in [2.24, 2.45) is 11.7 Å². The molecule has 1 amide bonds. The van der Waals surface area contributed by atoms with Crippen molar-refractivity contribution in [3.05, 3.63) is 0 Å². The van der Waals surface area contributed by atoms with E-state index in [0.29, 0.717) is 18.9 Å². The normalized spacial score (nSPS) is 14.9. The van der Waals surface area contributed by atoms with Crippen LogP contribution in [0, 0.1) is 5.92 Å². The van der Waals surface area contributed by atoms with Gasteiger partial charge in [-0.25, -0.2) is 0 Å². The molecule has 2 unspecified atom stereocenters. The first-order valence-corrected chi connectivity index (χ1v) is 5.60. The van der Waals surface area contributed by atoms with Crippen molar-refractivity contribution in [1.29, 1.82) is 0 Å². The van der Waals surface area contributed by atoms with Gasteiger partial charge in [-0.05, 0) is 25.8 Å². The largest absolute Gasteiger partial charge is 0.354 e. The van der Waals surface area contributed by atoms with Crippen molar-refractivity contribution >= 4 is 5.91 Å². The highest BCUT2D eigenvalue weighted by Crippen LogP contribution is 2.04. The Morgan fingerprint density at radius 1 is 1.31 bits per heavy atom. The van der Waals surface area contributed by atoms with E-state index in [1.807, 2.05) is 13.8 Å². The predicted molar refractivity (Wildman–Crippen MR) is 62.9 cm³/mol. The van der Waals surface area contributed by atoms with Crippen molar-refractivity contribution in [3.8, 4) is 0 Å². The van der Waals surface area contributed by atoms with Crippen LogP contribution >= 0.6 is 0 Å². The van der Waals surface area contributed by atoms with Crippen molar-refractivity contribution in [2.75, 3.05) is 20.8 Å². The lowest BCUT2D eigenvalue weighted by molar-refractivity contribution is -0.136. The monoisotopic (exact) mass is 232 g/mol. The molecule has 0 bridgehead atoms. The summed E-state index contributed by atoms with van der Waals surface area (Å²) in [5.74, 6) is 0.383. The van der Waals surface area contributed by atoms with Crippen molar-refractivity contribution in [2.45, 2.75) is 39.0 Å². The van der Waals surface area contributed by atoms with Gasteiger partial charge >= 0.3 is 0 Å². The summed E-state index contributed by atoms with van der Waals surface area (Å²) in [6.45, 7) is 4.49. The third-order valence-electron chi connectivity index (χ3n) is 2.53. The second-order valence-electron chi connectivity index (χ2n) is 4.08. The molecule has 0 radical (unpaired) electrons. The molecule has 0 heterocycles. The van der Waals surface area contributed by atoms with Gasteiger partial charge in [0.25, 0.3) is 0 Å². The number of nitrogens with one attached hydrogen (secondary N) is 1. The van der Waals surface area contributed by atoms with Crippen LogP contribution in [0.3, 0.4) is 0 Å². The van der Waals surface area contributed by atoms with Crippen LogP contribution < -0.4 is 11.1 Å². The summed E-state index contributed by atoms with van der Waals surface area (Å²) in [5.41, 5.74) is 5.48. The number of amides is 1. The van der Waals surface area contributed by atoms with Gasteiger partial charge < -0.3 is 20.5 Å². The Hall–Kier alpha value is -0.650. The van der Waals surface area contributed by atoms with E-state index in [2.05, 4.69) is 5.32 Å². The highest BCUT2D eigenvalue weighted by molar-refractivity contribution is 5.76. The first-order valence-electron chi connectivity index (χ1n) is 5.60. The zero-order valence-corrected chi connectivity index (χ0v) is 10.7. The molecule has 0 aromatic rings. The topological polar surface area (TPSA) is 73.6 Å². The van der Waals surface area contributed by atoms with E-state index in [0.717, 1.165) is 6.42 Å². The van der Waals surface area contributed by atoms with Gasteiger partial charge in [-0.1, -0.05) is 6.92 Å². The Bertz CT molecular complexity index is 196. The number of rotatable bonds is 8. The molecule has 0 saturated carbocycles. The fourth-order valence-corrected chi connectivity index (χ4v) is 1.39. The number of hydrogen-bond acceptors (Lipinski definition) is 4. The molecule has 3 N–H and O–H groups in total. The third kappa shape index (κ3) is 6.05. The third-order valence-corrected chi connectivity index (χ3v) is 2.53. The van der Waals surface area contributed by atoms with Crippen molar-refractivity contribution in [1.82, 2.24) is 5.32 Å². The summed E-state index contributed by atoms with van der Waals surface area (Å²) in [7, 11) is 3.10. The van der Waals surface area contributed by atoms with Crippen LogP contribution in [0.25, 0.3) is 0 Å². The van der Waals surface area contributed by atoms with E-state index < -0.39 is 6.29 Å². The Morgan fingerprint density at radius 3 is 2.31 bits per heavy atom. The molecule has 0 aliphatic carbocycles. The van der Waals surface area contributed by atoms with E-state index in [1.165, 1.54) is 0 Å². The smallest absolute Gasteiger partial charge is 0.220 e. The summed E-state index contributed by atoms with van der Waals surface area (Å²) < 4.78 is 10.1. The predicted octanol–water partition coefficient (Wildman–Crippen LogP) is 0.485. The molecule has 5 heteroatoms. The number of hydrogen-bond donors (Lipinski definition) is 2. The van der Waals surface area contributed by atoms with Crippen molar-refractivity contribution in [3.63, 3.8) is 0 Å². The summed E-state index contributed by atoms with van der Waals surface area (Å²) in [6.07, 6.45) is 0.888. The molecule has 0 spiro atoms. The van der Waals surface area contributed by atoms with Gasteiger partial charge in [-0.15, -0.1) is 0 Å². The minimum atomic E-state index is -0.407. The average Bonchev–Trinajstić information content (AvgIpc) is 2.27. The summed E-state index contributed by atoms with van der Waals surface area (Å²) in [5, 5.41) is 2.83.